The Kier molecular flexibility index (Phi) is 2.46. The van der Waals surface area contributed by atoms with Gasteiger partial charge in [-0.1, -0.05) is 0 Å². The molecular formula is C12H13NO2. The van der Waals surface area contributed by atoms with Crippen molar-refractivity contribution >= 4 is 17.2 Å². The van der Waals surface area contributed by atoms with Crippen molar-refractivity contribution in [2.45, 2.75) is 13.5 Å². The van der Waals surface area contributed by atoms with E-state index in [4.69, 9.17) is 4.74 Å². The maximum absolute atomic E-state index is 10.9. The number of methoxy groups -OCH3 is 1. The molecule has 0 amide bonds. The van der Waals surface area contributed by atoms with Crippen molar-refractivity contribution in [2.75, 3.05) is 7.11 Å². The molecule has 78 valence electrons. The summed E-state index contributed by atoms with van der Waals surface area (Å²) in [6, 6.07) is 7.71. The second-order valence-corrected chi connectivity index (χ2v) is 3.36. The van der Waals surface area contributed by atoms with Crippen LogP contribution in [0.25, 0.3) is 10.9 Å². The Morgan fingerprint density at radius 3 is 2.80 bits per heavy atom. The molecule has 1 aromatic carbocycles. The highest BCUT2D eigenvalue weighted by Gasteiger charge is 2.07. The number of aryl methyl sites for hydroxylation is 1. The third kappa shape index (κ3) is 1.50. The Bertz CT molecular complexity index is 500. The average molecular weight is 203 g/mol. The molecule has 0 spiro atoms. The molecule has 0 fully saturated rings. The highest BCUT2D eigenvalue weighted by Crippen LogP contribution is 2.23. The van der Waals surface area contributed by atoms with Crippen LogP contribution in [-0.4, -0.2) is 18.0 Å². The number of hydrogen-bond acceptors (Lipinski definition) is 2. The summed E-state index contributed by atoms with van der Waals surface area (Å²) >= 11 is 0. The molecule has 2 rings (SSSR count). The number of carbonyl (C=O) groups is 1. The number of nitrogens with zero attached hydrogens (tertiary/aromatic N) is 1. The van der Waals surface area contributed by atoms with Crippen molar-refractivity contribution in [2.24, 2.45) is 0 Å². The smallest absolute Gasteiger partial charge is 0.166 e. The Labute approximate surface area is 88.3 Å². The zero-order chi connectivity index (χ0) is 10.8. The summed E-state index contributed by atoms with van der Waals surface area (Å²) in [5.41, 5.74) is 1.75. The van der Waals surface area contributed by atoms with Gasteiger partial charge in [0.15, 0.2) is 6.29 Å². The van der Waals surface area contributed by atoms with Crippen LogP contribution in [0.1, 0.15) is 17.4 Å². The van der Waals surface area contributed by atoms with E-state index in [0.717, 1.165) is 29.5 Å². The Morgan fingerprint density at radius 1 is 1.40 bits per heavy atom. The number of benzene rings is 1. The van der Waals surface area contributed by atoms with E-state index >= 15 is 0 Å². The van der Waals surface area contributed by atoms with E-state index in [1.807, 2.05) is 35.8 Å². The lowest BCUT2D eigenvalue weighted by Crippen LogP contribution is -1.98. The lowest BCUT2D eigenvalue weighted by Gasteiger charge is -2.04. The van der Waals surface area contributed by atoms with Crippen molar-refractivity contribution in [1.29, 1.82) is 0 Å². The largest absolute Gasteiger partial charge is 0.497 e. The molecule has 1 aromatic heterocycles. The molecule has 0 saturated heterocycles. The quantitative estimate of drug-likeness (QED) is 0.717. The number of ether oxygens (including phenoxy) is 1. The molecule has 0 atom stereocenters. The predicted molar refractivity (Wildman–Crippen MR) is 59.6 cm³/mol. The molecule has 0 unspecified atom stereocenters. The fourth-order valence-electron chi connectivity index (χ4n) is 1.83. The fraction of sp³-hybridized carbons (Fsp3) is 0.250. The molecule has 1 heterocycles. The van der Waals surface area contributed by atoms with Crippen molar-refractivity contribution in [3.8, 4) is 5.75 Å². The molecule has 3 nitrogen and oxygen atoms in total. The Hall–Kier alpha value is -1.77. The van der Waals surface area contributed by atoms with E-state index in [0.29, 0.717) is 5.69 Å². The molecule has 0 bridgehead atoms. The summed E-state index contributed by atoms with van der Waals surface area (Å²) in [6.45, 7) is 2.80. The summed E-state index contributed by atoms with van der Waals surface area (Å²) in [6.07, 6.45) is 0.885. The lowest BCUT2D eigenvalue weighted by atomic mass is 10.2. The zero-order valence-electron chi connectivity index (χ0n) is 8.86. The third-order valence-corrected chi connectivity index (χ3v) is 2.58. The van der Waals surface area contributed by atoms with Gasteiger partial charge >= 0.3 is 0 Å². The molecule has 15 heavy (non-hydrogen) atoms. The van der Waals surface area contributed by atoms with E-state index in [-0.39, 0.29) is 0 Å². The second kappa shape index (κ2) is 3.77. The fourth-order valence-corrected chi connectivity index (χ4v) is 1.83. The Balaban J connectivity index is 2.73. The maximum atomic E-state index is 10.9. The van der Waals surface area contributed by atoms with Gasteiger partial charge in [-0.3, -0.25) is 4.79 Å². The van der Waals surface area contributed by atoms with Crippen LogP contribution in [0.3, 0.4) is 0 Å². The van der Waals surface area contributed by atoms with Crippen LogP contribution in [-0.2, 0) is 6.54 Å². The minimum Gasteiger partial charge on any atom is -0.497 e. The number of hydrogen-bond donors (Lipinski definition) is 0. The number of carbonyl (C=O) groups excluding carboxylic acids is 1. The Morgan fingerprint density at radius 2 is 2.20 bits per heavy atom. The van der Waals surface area contributed by atoms with Crippen LogP contribution in [0, 0.1) is 0 Å². The lowest BCUT2D eigenvalue weighted by molar-refractivity contribution is 0.111. The number of fused-ring (bicyclic) bond motifs is 1. The van der Waals surface area contributed by atoms with Gasteiger partial charge in [0.05, 0.1) is 18.3 Å². The number of aldehydes is 1. The van der Waals surface area contributed by atoms with Crippen LogP contribution >= 0.6 is 0 Å². The topological polar surface area (TPSA) is 31.2 Å². The van der Waals surface area contributed by atoms with E-state index < -0.39 is 0 Å². The van der Waals surface area contributed by atoms with Crippen LogP contribution in [0.15, 0.2) is 24.3 Å². The summed E-state index contributed by atoms with van der Waals surface area (Å²) in [5.74, 6) is 0.813. The molecule has 3 heteroatoms. The highest BCUT2D eigenvalue weighted by molar-refractivity contribution is 5.89. The molecule has 0 N–H and O–H groups in total. The molecule has 0 saturated carbocycles. The van der Waals surface area contributed by atoms with Gasteiger partial charge in [-0.25, -0.2) is 0 Å². The van der Waals surface area contributed by atoms with E-state index in [9.17, 15) is 4.79 Å². The van der Waals surface area contributed by atoms with Crippen molar-refractivity contribution in [3.63, 3.8) is 0 Å². The van der Waals surface area contributed by atoms with Crippen molar-refractivity contribution in [1.82, 2.24) is 4.57 Å². The SMILES string of the molecule is CCn1c(C=O)cc2ccc(OC)cc21. The van der Waals surface area contributed by atoms with Crippen LogP contribution in [0.5, 0.6) is 5.75 Å². The highest BCUT2D eigenvalue weighted by atomic mass is 16.5. The van der Waals surface area contributed by atoms with Gasteiger partial charge in [0.25, 0.3) is 0 Å². The van der Waals surface area contributed by atoms with Crippen molar-refractivity contribution in [3.05, 3.63) is 30.0 Å². The average Bonchev–Trinajstić information content (AvgIpc) is 2.65. The summed E-state index contributed by atoms with van der Waals surface area (Å²) in [4.78, 5) is 10.9. The van der Waals surface area contributed by atoms with Crippen LogP contribution in [0.4, 0.5) is 0 Å². The van der Waals surface area contributed by atoms with E-state index in [2.05, 4.69) is 0 Å². The monoisotopic (exact) mass is 203 g/mol. The summed E-state index contributed by atoms with van der Waals surface area (Å²) in [7, 11) is 1.64. The van der Waals surface area contributed by atoms with Gasteiger partial charge in [-0.2, -0.15) is 0 Å². The number of aromatic nitrogens is 1. The third-order valence-electron chi connectivity index (χ3n) is 2.58. The minimum absolute atomic E-state index is 0.709. The molecule has 0 radical (unpaired) electrons. The van der Waals surface area contributed by atoms with Gasteiger partial charge in [0.1, 0.15) is 5.75 Å². The first-order valence-corrected chi connectivity index (χ1v) is 4.92. The van der Waals surface area contributed by atoms with Gasteiger partial charge in [0, 0.05) is 18.0 Å². The van der Waals surface area contributed by atoms with Gasteiger partial charge in [-0.05, 0) is 25.1 Å². The maximum Gasteiger partial charge on any atom is 0.166 e. The van der Waals surface area contributed by atoms with E-state index in [1.54, 1.807) is 7.11 Å². The van der Waals surface area contributed by atoms with Crippen LogP contribution in [0.2, 0.25) is 0 Å². The first-order chi connectivity index (χ1) is 7.30. The van der Waals surface area contributed by atoms with Crippen molar-refractivity contribution < 1.29 is 9.53 Å². The van der Waals surface area contributed by atoms with Crippen LogP contribution < -0.4 is 4.74 Å². The number of rotatable bonds is 3. The molecular weight excluding hydrogens is 190 g/mol. The molecule has 0 aliphatic rings. The molecule has 2 aromatic rings. The normalized spacial score (nSPS) is 10.5. The summed E-state index contributed by atoms with van der Waals surface area (Å²) in [5, 5.41) is 1.07. The van der Waals surface area contributed by atoms with E-state index in [1.165, 1.54) is 0 Å². The van der Waals surface area contributed by atoms with Gasteiger partial charge in [-0.15, -0.1) is 0 Å². The van der Waals surface area contributed by atoms with Gasteiger partial charge in [0.2, 0.25) is 0 Å². The second-order valence-electron chi connectivity index (χ2n) is 3.36. The molecule has 0 aliphatic carbocycles. The van der Waals surface area contributed by atoms with Gasteiger partial charge < -0.3 is 9.30 Å². The first-order valence-electron chi connectivity index (χ1n) is 4.92. The standard InChI is InChI=1S/C12H13NO2/c1-3-13-10(8-14)6-9-4-5-11(15-2)7-12(9)13/h4-8H,3H2,1-2H3. The minimum atomic E-state index is 0.709. The molecule has 0 aliphatic heterocycles. The summed E-state index contributed by atoms with van der Waals surface area (Å²) < 4.78 is 7.14. The zero-order valence-corrected chi connectivity index (χ0v) is 8.86. The first kappa shape index (κ1) is 9.77. The predicted octanol–water partition coefficient (Wildman–Crippen LogP) is 2.48.